The van der Waals surface area contributed by atoms with Crippen molar-refractivity contribution < 1.29 is 33.4 Å². The average molecular weight is 711 g/mol. The van der Waals surface area contributed by atoms with Crippen molar-refractivity contribution >= 4 is 40.4 Å². The van der Waals surface area contributed by atoms with Gasteiger partial charge >= 0.3 is 0 Å². The van der Waals surface area contributed by atoms with E-state index in [2.05, 4.69) is 20.9 Å². The summed E-state index contributed by atoms with van der Waals surface area (Å²) < 4.78 is 11.6. The lowest BCUT2D eigenvalue weighted by atomic mass is 10.0. The molecule has 0 saturated carbocycles. The van der Waals surface area contributed by atoms with E-state index < -0.39 is 59.8 Å². The number of hydrogen-bond donors (Lipinski definition) is 4. The van der Waals surface area contributed by atoms with Crippen molar-refractivity contribution in [2.75, 3.05) is 33.8 Å². The number of H-pyrrole nitrogens is 1. The number of benzene rings is 3. The molecule has 0 spiro atoms. The molecule has 1 aromatic heterocycles. The number of aromatic amines is 1. The number of ether oxygens (including phenoxy) is 2. The van der Waals surface area contributed by atoms with Crippen LogP contribution in [0, 0.1) is 0 Å². The number of nitrogens with zero attached hydrogens (tertiary/aromatic N) is 2. The van der Waals surface area contributed by atoms with Crippen molar-refractivity contribution in [3.8, 4) is 11.5 Å². The van der Waals surface area contributed by atoms with Crippen LogP contribution in [0.4, 0.5) is 0 Å². The standard InChI is InChI=1S/C39H46N6O7/c1-25-35(47)43-30(21-26-13-7-6-8-14-26)36(48)40-19-20-45(38(50)39(2,3)52-33-18-12-11-17-32(33)51-5)24-34(46)42-31(37(49)44(25)4)22-27-23-41-29-16-10-9-15-28(27)29/h6-18,23,25,30-31,41H,19-22,24H2,1-5H3,(H,40,48)(H,42,46)(H,43,47)/t25-,30-,31-/m0/s1. The van der Waals surface area contributed by atoms with Gasteiger partial charge in [-0.2, -0.15) is 0 Å². The molecular weight excluding hydrogens is 664 g/mol. The zero-order chi connectivity index (χ0) is 37.4. The number of amides is 5. The highest BCUT2D eigenvalue weighted by molar-refractivity contribution is 5.96. The van der Waals surface area contributed by atoms with Crippen LogP contribution >= 0.6 is 0 Å². The summed E-state index contributed by atoms with van der Waals surface area (Å²) >= 11 is 0. The van der Waals surface area contributed by atoms with E-state index in [1.807, 2.05) is 54.6 Å². The highest BCUT2D eigenvalue weighted by atomic mass is 16.5. The zero-order valence-electron chi connectivity index (χ0n) is 30.1. The number of aromatic nitrogens is 1. The summed E-state index contributed by atoms with van der Waals surface area (Å²) in [7, 11) is 2.98. The van der Waals surface area contributed by atoms with Crippen LogP contribution in [0.25, 0.3) is 10.9 Å². The molecule has 5 amide bonds. The Balaban J connectivity index is 1.47. The largest absolute Gasteiger partial charge is 0.493 e. The summed E-state index contributed by atoms with van der Waals surface area (Å²) in [5, 5.41) is 9.38. The molecular formula is C39H46N6O7. The van der Waals surface area contributed by atoms with Gasteiger partial charge in [-0.1, -0.05) is 60.7 Å². The first kappa shape index (κ1) is 37.4. The zero-order valence-corrected chi connectivity index (χ0v) is 30.1. The summed E-state index contributed by atoms with van der Waals surface area (Å²) in [6, 6.07) is 20.7. The molecule has 2 heterocycles. The molecule has 1 aliphatic rings. The molecule has 1 aliphatic heterocycles. The molecule has 274 valence electrons. The van der Waals surface area contributed by atoms with Crippen LogP contribution in [0.1, 0.15) is 31.9 Å². The predicted octanol–water partition coefficient (Wildman–Crippen LogP) is 2.59. The summed E-state index contributed by atoms with van der Waals surface area (Å²) in [6.45, 7) is 4.20. The molecule has 0 bridgehead atoms. The smallest absolute Gasteiger partial charge is 0.266 e. The third kappa shape index (κ3) is 8.89. The first-order valence-electron chi connectivity index (χ1n) is 17.2. The van der Waals surface area contributed by atoms with Crippen LogP contribution in [0.2, 0.25) is 0 Å². The summed E-state index contributed by atoms with van der Waals surface area (Å²) in [4.78, 5) is 75.1. The molecule has 3 aromatic carbocycles. The number of methoxy groups -OCH3 is 1. The Labute approximate surface area is 303 Å². The fourth-order valence-electron chi connectivity index (χ4n) is 6.19. The molecule has 3 atom stereocenters. The molecule has 0 radical (unpaired) electrons. The summed E-state index contributed by atoms with van der Waals surface area (Å²) in [5.41, 5.74) is 0.999. The highest BCUT2D eigenvalue weighted by Gasteiger charge is 2.38. The fourth-order valence-corrected chi connectivity index (χ4v) is 6.19. The van der Waals surface area contributed by atoms with E-state index in [0.717, 1.165) is 22.0 Å². The second-order valence-electron chi connectivity index (χ2n) is 13.3. The van der Waals surface area contributed by atoms with E-state index in [1.54, 1.807) is 51.2 Å². The normalized spacial score (nSPS) is 19.6. The molecule has 4 N–H and O–H groups in total. The molecule has 13 nitrogen and oxygen atoms in total. The Kier molecular flexibility index (Phi) is 11.8. The quantitative estimate of drug-likeness (QED) is 0.219. The average Bonchev–Trinajstić information content (AvgIpc) is 3.55. The number of carbonyl (C=O) groups is 5. The van der Waals surface area contributed by atoms with Crippen molar-refractivity contribution in [3.63, 3.8) is 0 Å². The highest BCUT2D eigenvalue weighted by Crippen LogP contribution is 2.30. The van der Waals surface area contributed by atoms with E-state index in [0.29, 0.717) is 11.5 Å². The maximum atomic E-state index is 14.2. The van der Waals surface area contributed by atoms with Crippen molar-refractivity contribution in [1.82, 2.24) is 30.7 Å². The first-order chi connectivity index (χ1) is 24.9. The molecule has 5 rings (SSSR count). The van der Waals surface area contributed by atoms with E-state index in [9.17, 15) is 24.0 Å². The molecule has 4 aromatic rings. The van der Waals surface area contributed by atoms with E-state index >= 15 is 0 Å². The Bertz CT molecular complexity index is 1910. The van der Waals surface area contributed by atoms with Crippen LogP contribution in [0.3, 0.4) is 0 Å². The van der Waals surface area contributed by atoms with Crippen LogP contribution in [0.5, 0.6) is 11.5 Å². The molecule has 0 unspecified atom stereocenters. The minimum atomic E-state index is -1.47. The molecule has 13 heteroatoms. The van der Waals surface area contributed by atoms with Gasteiger partial charge < -0.3 is 40.2 Å². The van der Waals surface area contributed by atoms with Gasteiger partial charge in [-0.05, 0) is 50.1 Å². The number of likely N-dealkylation sites (N-methyl/N-ethyl adjacent to an activating group) is 1. The molecule has 1 fully saturated rings. The van der Waals surface area contributed by atoms with Gasteiger partial charge in [0.05, 0.1) is 13.7 Å². The minimum absolute atomic E-state index is 0.0308. The lowest BCUT2D eigenvalue weighted by Gasteiger charge is -2.33. The first-order valence-corrected chi connectivity index (χ1v) is 17.2. The number of rotatable bonds is 8. The Morgan fingerprint density at radius 3 is 2.25 bits per heavy atom. The molecule has 52 heavy (non-hydrogen) atoms. The maximum Gasteiger partial charge on any atom is 0.266 e. The topological polar surface area (TPSA) is 162 Å². The van der Waals surface area contributed by atoms with Gasteiger partial charge in [-0.15, -0.1) is 0 Å². The monoisotopic (exact) mass is 710 g/mol. The van der Waals surface area contributed by atoms with Crippen LogP contribution in [0.15, 0.2) is 85.1 Å². The van der Waals surface area contributed by atoms with Crippen molar-refractivity contribution in [3.05, 3.63) is 96.2 Å². The van der Waals surface area contributed by atoms with Crippen molar-refractivity contribution in [1.29, 1.82) is 0 Å². The van der Waals surface area contributed by atoms with Gasteiger partial charge in [0, 0.05) is 50.1 Å². The van der Waals surface area contributed by atoms with Crippen LogP contribution < -0.4 is 25.4 Å². The molecule has 1 saturated heterocycles. The van der Waals surface area contributed by atoms with Gasteiger partial charge in [0.2, 0.25) is 23.6 Å². The second kappa shape index (κ2) is 16.4. The van der Waals surface area contributed by atoms with E-state index in [4.69, 9.17) is 9.47 Å². The fraction of sp³-hybridized carbons (Fsp3) is 0.359. The Morgan fingerprint density at radius 2 is 1.52 bits per heavy atom. The minimum Gasteiger partial charge on any atom is -0.493 e. The number of para-hydroxylation sites is 3. The van der Waals surface area contributed by atoms with Crippen LogP contribution in [-0.4, -0.2) is 102 Å². The van der Waals surface area contributed by atoms with Crippen molar-refractivity contribution in [2.24, 2.45) is 0 Å². The maximum absolute atomic E-state index is 14.2. The van der Waals surface area contributed by atoms with Gasteiger partial charge in [-0.25, -0.2) is 0 Å². The van der Waals surface area contributed by atoms with Gasteiger partial charge in [0.1, 0.15) is 18.1 Å². The van der Waals surface area contributed by atoms with Crippen LogP contribution in [-0.2, 0) is 36.8 Å². The summed E-state index contributed by atoms with van der Waals surface area (Å²) in [5.74, 6) is -1.91. The number of fused-ring (bicyclic) bond motifs is 1. The van der Waals surface area contributed by atoms with Gasteiger partial charge in [0.15, 0.2) is 17.1 Å². The van der Waals surface area contributed by atoms with E-state index in [1.165, 1.54) is 24.0 Å². The SMILES string of the molecule is COc1ccccc1OC(C)(C)C(=O)N1CCNC(=O)[C@H](Cc2ccccc2)NC(=O)[C@H](C)N(C)C(=O)[C@H](Cc2c[nH]c3ccccc23)NC(=O)C1. The number of hydrogen-bond acceptors (Lipinski definition) is 7. The third-order valence-electron chi connectivity index (χ3n) is 9.21. The number of carbonyl (C=O) groups excluding carboxylic acids is 5. The van der Waals surface area contributed by atoms with Crippen molar-refractivity contribution in [2.45, 2.75) is 57.3 Å². The van der Waals surface area contributed by atoms with Gasteiger partial charge in [-0.3, -0.25) is 24.0 Å². The Hall–Kier alpha value is -5.85. The van der Waals surface area contributed by atoms with Gasteiger partial charge in [0.25, 0.3) is 5.91 Å². The lowest BCUT2D eigenvalue weighted by Crippen LogP contribution is -2.57. The summed E-state index contributed by atoms with van der Waals surface area (Å²) in [6.07, 6.45) is 2.09. The molecule has 0 aliphatic carbocycles. The third-order valence-corrected chi connectivity index (χ3v) is 9.21. The predicted molar refractivity (Wildman–Crippen MR) is 196 cm³/mol. The second-order valence-corrected chi connectivity index (χ2v) is 13.3. The Morgan fingerprint density at radius 1 is 0.846 bits per heavy atom. The number of nitrogens with one attached hydrogen (secondary N) is 4. The lowest BCUT2D eigenvalue weighted by molar-refractivity contribution is -0.148. The van der Waals surface area contributed by atoms with E-state index in [-0.39, 0.29) is 25.9 Å².